The molecule has 1 aliphatic rings. The van der Waals surface area contributed by atoms with Crippen LogP contribution < -0.4 is 5.32 Å². The van der Waals surface area contributed by atoms with E-state index in [-0.39, 0.29) is 6.04 Å². The third-order valence-electron chi connectivity index (χ3n) is 3.81. The zero-order valence-corrected chi connectivity index (χ0v) is 12.6. The van der Waals surface area contributed by atoms with Crippen molar-refractivity contribution in [2.24, 2.45) is 0 Å². The Kier molecular flexibility index (Phi) is 4.26. The molecule has 4 atom stereocenters. The molecule has 0 spiro atoms. The lowest BCUT2D eigenvalue weighted by Crippen LogP contribution is -2.52. The van der Waals surface area contributed by atoms with Gasteiger partial charge in [0.2, 0.25) is 0 Å². The van der Waals surface area contributed by atoms with Gasteiger partial charge in [0.1, 0.15) is 18.3 Å². The first-order chi connectivity index (χ1) is 10.1. The van der Waals surface area contributed by atoms with Gasteiger partial charge in [-0.15, -0.1) is 0 Å². The molecule has 5 heteroatoms. The molecule has 4 unspecified atom stereocenters. The number of aliphatic hydroxyl groups excluding tert-OH is 2. The van der Waals surface area contributed by atoms with E-state index >= 15 is 0 Å². The molecular weight excluding hydrogens is 286 g/mol. The highest BCUT2D eigenvalue weighted by atomic mass is 32.1. The number of ether oxygens (including phenoxy) is 1. The molecule has 0 radical (unpaired) electrons. The topological polar surface area (TPSA) is 61.7 Å². The molecule has 2 heterocycles. The molecule has 0 saturated carbocycles. The maximum atomic E-state index is 10.3. The second-order valence-corrected chi connectivity index (χ2v) is 6.19. The first-order valence-corrected chi connectivity index (χ1v) is 7.92. The molecule has 1 aliphatic heterocycles. The summed E-state index contributed by atoms with van der Waals surface area (Å²) >= 11 is 1.58. The van der Waals surface area contributed by atoms with Crippen molar-refractivity contribution in [2.75, 3.05) is 11.9 Å². The van der Waals surface area contributed by atoms with Gasteiger partial charge in [0.15, 0.2) is 0 Å². The number of hydrogen-bond acceptors (Lipinski definition) is 5. The monoisotopic (exact) mass is 305 g/mol. The summed E-state index contributed by atoms with van der Waals surface area (Å²) in [4.78, 5) is 0. The fourth-order valence-corrected chi connectivity index (χ4v) is 3.16. The first kappa shape index (κ1) is 14.5. The highest BCUT2D eigenvalue weighted by Gasteiger charge is 2.39. The first-order valence-electron chi connectivity index (χ1n) is 6.98. The van der Waals surface area contributed by atoms with E-state index in [1.54, 1.807) is 11.3 Å². The van der Waals surface area contributed by atoms with Crippen LogP contribution in [0.25, 0.3) is 0 Å². The quantitative estimate of drug-likeness (QED) is 0.814. The number of nitrogens with one attached hydrogen (secondary N) is 1. The van der Waals surface area contributed by atoms with Gasteiger partial charge >= 0.3 is 0 Å². The number of hydrogen-bond donors (Lipinski definition) is 3. The van der Waals surface area contributed by atoms with E-state index < -0.39 is 18.3 Å². The zero-order chi connectivity index (χ0) is 14.8. The maximum absolute atomic E-state index is 10.3. The van der Waals surface area contributed by atoms with Crippen LogP contribution in [0, 0.1) is 6.92 Å². The fraction of sp³-hybridized carbons (Fsp3) is 0.375. The predicted molar refractivity (Wildman–Crippen MR) is 83.6 cm³/mol. The lowest BCUT2D eigenvalue weighted by molar-refractivity contribution is -0.142. The van der Waals surface area contributed by atoms with Gasteiger partial charge in [-0.1, -0.05) is 29.8 Å². The number of benzene rings is 1. The van der Waals surface area contributed by atoms with Gasteiger partial charge in [0, 0.05) is 11.1 Å². The van der Waals surface area contributed by atoms with Crippen molar-refractivity contribution in [1.29, 1.82) is 0 Å². The predicted octanol–water partition coefficient (Wildman–Crippen LogP) is 2.33. The zero-order valence-electron chi connectivity index (χ0n) is 11.8. The summed E-state index contributed by atoms with van der Waals surface area (Å²) in [5, 5.41) is 27.8. The normalized spacial score (nSPS) is 29.3. The van der Waals surface area contributed by atoms with Gasteiger partial charge in [-0.05, 0) is 23.9 Å². The molecule has 0 amide bonds. The molecular formula is C16H19NO3S. The van der Waals surface area contributed by atoms with Crippen LogP contribution in [0.4, 0.5) is 5.69 Å². The van der Waals surface area contributed by atoms with Crippen LogP contribution in [0.3, 0.4) is 0 Å². The summed E-state index contributed by atoms with van der Waals surface area (Å²) < 4.78 is 5.78. The average molecular weight is 305 g/mol. The van der Waals surface area contributed by atoms with Crippen molar-refractivity contribution < 1.29 is 14.9 Å². The minimum Gasteiger partial charge on any atom is -0.388 e. The maximum Gasteiger partial charge on any atom is 0.112 e. The fourth-order valence-electron chi connectivity index (χ4n) is 2.56. The van der Waals surface area contributed by atoms with E-state index in [1.165, 1.54) is 0 Å². The third kappa shape index (κ3) is 3.11. The molecule has 0 aliphatic carbocycles. The van der Waals surface area contributed by atoms with E-state index in [2.05, 4.69) is 5.32 Å². The minimum absolute atomic E-state index is 0.309. The SMILES string of the molecule is Cc1ccc(C2OCC(Nc3ccsc3)C(O)C2O)cc1. The molecule has 2 aromatic rings. The van der Waals surface area contributed by atoms with Gasteiger partial charge in [-0.25, -0.2) is 0 Å². The standard InChI is InChI=1S/C16H19NO3S/c1-10-2-4-11(5-3-10)16-15(19)14(18)13(8-20-16)17-12-6-7-21-9-12/h2-7,9,13-19H,8H2,1H3. The molecule has 1 fully saturated rings. The lowest BCUT2D eigenvalue weighted by atomic mass is 9.93. The summed E-state index contributed by atoms with van der Waals surface area (Å²) in [7, 11) is 0. The number of aryl methyl sites for hydroxylation is 1. The Bertz CT molecular complexity index is 570. The van der Waals surface area contributed by atoms with Gasteiger partial charge in [0.05, 0.1) is 12.6 Å². The Morgan fingerprint density at radius 2 is 1.90 bits per heavy atom. The van der Waals surface area contributed by atoms with Crippen molar-refractivity contribution in [3.63, 3.8) is 0 Å². The molecule has 3 N–H and O–H groups in total. The molecule has 1 aromatic carbocycles. The second-order valence-electron chi connectivity index (χ2n) is 5.41. The summed E-state index contributed by atoms with van der Waals surface area (Å²) in [6.07, 6.45) is -2.30. The van der Waals surface area contributed by atoms with Crippen LogP contribution in [-0.4, -0.2) is 35.1 Å². The number of thiophene rings is 1. The van der Waals surface area contributed by atoms with Crippen LogP contribution in [0.1, 0.15) is 17.2 Å². The molecule has 1 saturated heterocycles. The molecule has 0 bridgehead atoms. The van der Waals surface area contributed by atoms with Gasteiger partial charge in [0.25, 0.3) is 0 Å². The van der Waals surface area contributed by atoms with Crippen molar-refractivity contribution in [1.82, 2.24) is 0 Å². The van der Waals surface area contributed by atoms with Crippen LogP contribution in [0.2, 0.25) is 0 Å². The van der Waals surface area contributed by atoms with Crippen LogP contribution in [-0.2, 0) is 4.74 Å². The Morgan fingerprint density at radius 1 is 1.14 bits per heavy atom. The van der Waals surface area contributed by atoms with E-state index in [9.17, 15) is 10.2 Å². The highest BCUT2D eigenvalue weighted by molar-refractivity contribution is 7.08. The van der Waals surface area contributed by atoms with Crippen molar-refractivity contribution in [2.45, 2.75) is 31.3 Å². The Hall–Kier alpha value is -1.40. The number of aliphatic hydroxyl groups is 2. The highest BCUT2D eigenvalue weighted by Crippen LogP contribution is 2.30. The van der Waals surface area contributed by atoms with E-state index in [0.29, 0.717) is 6.61 Å². The van der Waals surface area contributed by atoms with Crippen LogP contribution in [0.5, 0.6) is 0 Å². The van der Waals surface area contributed by atoms with Crippen molar-refractivity contribution in [3.8, 4) is 0 Å². The Morgan fingerprint density at radius 3 is 2.57 bits per heavy atom. The lowest BCUT2D eigenvalue weighted by Gasteiger charge is -2.38. The summed E-state index contributed by atoms with van der Waals surface area (Å²) in [5.41, 5.74) is 2.98. The smallest absolute Gasteiger partial charge is 0.112 e. The van der Waals surface area contributed by atoms with Crippen LogP contribution in [0.15, 0.2) is 41.1 Å². The third-order valence-corrected chi connectivity index (χ3v) is 4.49. The largest absolute Gasteiger partial charge is 0.388 e. The Labute approximate surface area is 128 Å². The number of rotatable bonds is 3. The summed E-state index contributed by atoms with van der Waals surface area (Å²) in [6, 6.07) is 9.46. The molecule has 21 heavy (non-hydrogen) atoms. The molecule has 112 valence electrons. The van der Waals surface area contributed by atoms with Crippen molar-refractivity contribution >= 4 is 17.0 Å². The van der Waals surface area contributed by atoms with Gasteiger partial charge < -0.3 is 20.3 Å². The molecule has 1 aromatic heterocycles. The molecule has 3 rings (SSSR count). The van der Waals surface area contributed by atoms with E-state index in [1.807, 2.05) is 48.0 Å². The summed E-state index contributed by atoms with van der Waals surface area (Å²) in [6.45, 7) is 2.37. The Balaban J connectivity index is 1.70. The number of anilines is 1. The average Bonchev–Trinajstić information content (AvgIpc) is 2.98. The van der Waals surface area contributed by atoms with Gasteiger partial charge in [-0.3, -0.25) is 0 Å². The van der Waals surface area contributed by atoms with E-state index in [4.69, 9.17) is 4.74 Å². The molecule has 4 nitrogen and oxygen atoms in total. The van der Waals surface area contributed by atoms with E-state index in [0.717, 1.165) is 16.8 Å². The second kappa shape index (κ2) is 6.15. The van der Waals surface area contributed by atoms with Crippen molar-refractivity contribution in [3.05, 3.63) is 52.2 Å². The summed E-state index contributed by atoms with van der Waals surface area (Å²) in [5.74, 6) is 0. The minimum atomic E-state index is -0.947. The van der Waals surface area contributed by atoms with Gasteiger partial charge in [-0.2, -0.15) is 11.3 Å². The van der Waals surface area contributed by atoms with Crippen LogP contribution >= 0.6 is 11.3 Å².